The lowest BCUT2D eigenvalue weighted by Crippen LogP contribution is -2.06. The van der Waals surface area contributed by atoms with Gasteiger partial charge in [0.05, 0.1) is 0 Å². The molecule has 98 valence electrons. The Morgan fingerprint density at radius 2 is 1.58 bits per heavy atom. The molecule has 3 heteroatoms. The molecule has 0 radical (unpaired) electrons. The minimum absolute atomic E-state index is 0.0498. The molecule has 0 saturated heterocycles. The van der Waals surface area contributed by atoms with Crippen molar-refractivity contribution in [3.8, 4) is 0 Å². The maximum Gasteiger partial charge on any atom is 0.194 e. The Balaban J connectivity index is 2.56. The summed E-state index contributed by atoms with van der Waals surface area (Å²) in [5.41, 5.74) is 4.72. The van der Waals surface area contributed by atoms with Gasteiger partial charge in [-0.1, -0.05) is 50.1 Å². The van der Waals surface area contributed by atoms with Crippen LogP contribution in [-0.2, 0) is 0 Å². The van der Waals surface area contributed by atoms with Gasteiger partial charge in [-0.3, -0.25) is 4.79 Å². The highest BCUT2D eigenvalue weighted by Crippen LogP contribution is 2.28. The Morgan fingerprint density at radius 1 is 0.895 bits per heavy atom. The summed E-state index contributed by atoms with van der Waals surface area (Å²) >= 11 is 6.96. The summed E-state index contributed by atoms with van der Waals surface area (Å²) in [6, 6.07) is 9.66. The molecule has 2 rings (SSSR count). The monoisotopic (exact) mass is 380 g/mol. The number of hydrogen-bond donors (Lipinski definition) is 0. The van der Waals surface area contributed by atoms with E-state index in [-0.39, 0.29) is 5.78 Å². The van der Waals surface area contributed by atoms with Crippen LogP contribution < -0.4 is 0 Å². The third-order valence-corrected chi connectivity index (χ3v) is 4.85. The molecule has 0 aromatic heterocycles. The van der Waals surface area contributed by atoms with Crippen LogP contribution in [0.2, 0.25) is 0 Å². The van der Waals surface area contributed by atoms with Gasteiger partial charge in [0.15, 0.2) is 5.78 Å². The molecule has 1 nitrogen and oxygen atoms in total. The van der Waals surface area contributed by atoms with E-state index >= 15 is 0 Å². The SMILES string of the molecule is Cc1cc(Br)c(C(=O)c2cccc(C)c2C)cc1Br. The van der Waals surface area contributed by atoms with E-state index in [2.05, 4.69) is 31.9 Å². The highest BCUT2D eigenvalue weighted by molar-refractivity contribution is 9.11. The van der Waals surface area contributed by atoms with Crippen molar-refractivity contribution in [2.75, 3.05) is 0 Å². The van der Waals surface area contributed by atoms with E-state index in [4.69, 9.17) is 0 Å². The van der Waals surface area contributed by atoms with Crippen LogP contribution in [0.25, 0.3) is 0 Å². The first-order chi connectivity index (χ1) is 8.91. The Labute approximate surface area is 130 Å². The Hall–Kier alpha value is -0.930. The van der Waals surface area contributed by atoms with E-state index < -0.39 is 0 Å². The van der Waals surface area contributed by atoms with Crippen LogP contribution in [0.5, 0.6) is 0 Å². The Morgan fingerprint density at radius 3 is 2.26 bits per heavy atom. The van der Waals surface area contributed by atoms with Gasteiger partial charge < -0.3 is 0 Å². The van der Waals surface area contributed by atoms with Crippen LogP contribution in [0, 0.1) is 20.8 Å². The molecule has 2 aromatic carbocycles. The summed E-state index contributed by atoms with van der Waals surface area (Å²) in [6.45, 7) is 6.01. The summed E-state index contributed by atoms with van der Waals surface area (Å²) < 4.78 is 1.78. The van der Waals surface area contributed by atoms with E-state index in [1.165, 1.54) is 0 Å². The minimum Gasteiger partial charge on any atom is -0.289 e. The molecular formula is C16H14Br2O. The summed E-state index contributed by atoms with van der Waals surface area (Å²) in [6.07, 6.45) is 0. The molecule has 0 atom stereocenters. The van der Waals surface area contributed by atoms with Crippen LogP contribution in [-0.4, -0.2) is 5.78 Å². The molecule has 0 aliphatic rings. The van der Waals surface area contributed by atoms with Gasteiger partial charge in [-0.25, -0.2) is 0 Å². The summed E-state index contributed by atoms with van der Waals surface area (Å²) in [5.74, 6) is 0.0498. The third-order valence-electron chi connectivity index (χ3n) is 3.34. The number of carbonyl (C=O) groups is 1. The summed E-state index contributed by atoms with van der Waals surface area (Å²) in [5, 5.41) is 0. The zero-order valence-corrected chi connectivity index (χ0v) is 14.2. The van der Waals surface area contributed by atoms with Crippen molar-refractivity contribution in [1.29, 1.82) is 0 Å². The highest BCUT2D eigenvalue weighted by Gasteiger charge is 2.16. The van der Waals surface area contributed by atoms with E-state index in [0.29, 0.717) is 5.56 Å². The quantitative estimate of drug-likeness (QED) is 0.639. The standard InChI is InChI=1S/C16H14Br2O/c1-9-5-4-6-12(11(9)3)16(19)13-8-14(17)10(2)7-15(13)18/h4-8H,1-3H3. The molecule has 0 heterocycles. The highest BCUT2D eigenvalue weighted by atomic mass is 79.9. The van der Waals surface area contributed by atoms with Crippen LogP contribution >= 0.6 is 31.9 Å². The van der Waals surface area contributed by atoms with E-state index in [9.17, 15) is 4.79 Å². The van der Waals surface area contributed by atoms with Crippen LogP contribution in [0.4, 0.5) is 0 Å². The molecule has 0 aliphatic heterocycles. The number of aryl methyl sites for hydroxylation is 2. The van der Waals surface area contributed by atoms with Crippen molar-refractivity contribution in [3.63, 3.8) is 0 Å². The second kappa shape index (κ2) is 5.59. The maximum atomic E-state index is 12.7. The van der Waals surface area contributed by atoms with E-state index in [1.807, 2.05) is 51.1 Å². The van der Waals surface area contributed by atoms with Crippen molar-refractivity contribution in [1.82, 2.24) is 0 Å². The fraction of sp³-hybridized carbons (Fsp3) is 0.188. The molecule has 0 amide bonds. The van der Waals surface area contributed by atoms with E-state index in [0.717, 1.165) is 31.2 Å². The molecule has 0 spiro atoms. The number of carbonyl (C=O) groups excluding carboxylic acids is 1. The van der Waals surface area contributed by atoms with Gasteiger partial charge in [-0.05, 0) is 49.6 Å². The van der Waals surface area contributed by atoms with Crippen LogP contribution in [0.3, 0.4) is 0 Å². The lowest BCUT2D eigenvalue weighted by Gasteiger charge is -2.10. The van der Waals surface area contributed by atoms with Gasteiger partial charge in [-0.15, -0.1) is 0 Å². The Bertz CT molecular complexity index is 660. The lowest BCUT2D eigenvalue weighted by molar-refractivity contribution is 0.103. The maximum absolute atomic E-state index is 12.7. The normalized spacial score (nSPS) is 10.6. The molecule has 0 unspecified atom stereocenters. The number of ketones is 1. The van der Waals surface area contributed by atoms with Gasteiger partial charge in [0.25, 0.3) is 0 Å². The van der Waals surface area contributed by atoms with E-state index in [1.54, 1.807) is 0 Å². The molecular weight excluding hydrogens is 368 g/mol. The minimum atomic E-state index is 0.0498. The molecule has 19 heavy (non-hydrogen) atoms. The fourth-order valence-corrected chi connectivity index (χ4v) is 2.94. The molecule has 0 bridgehead atoms. The lowest BCUT2D eigenvalue weighted by atomic mass is 9.96. The van der Waals surface area contributed by atoms with Gasteiger partial charge in [-0.2, -0.15) is 0 Å². The van der Waals surface area contributed by atoms with Gasteiger partial charge in [0.1, 0.15) is 0 Å². The van der Waals surface area contributed by atoms with Gasteiger partial charge in [0.2, 0.25) is 0 Å². The second-order valence-corrected chi connectivity index (χ2v) is 6.37. The van der Waals surface area contributed by atoms with Crippen molar-refractivity contribution >= 4 is 37.6 Å². The van der Waals surface area contributed by atoms with Gasteiger partial charge in [0, 0.05) is 20.1 Å². The van der Waals surface area contributed by atoms with Crippen molar-refractivity contribution in [2.45, 2.75) is 20.8 Å². The molecule has 0 fully saturated rings. The first-order valence-corrected chi connectivity index (χ1v) is 7.57. The predicted molar refractivity (Wildman–Crippen MR) is 85.9 cm³/mol. The first kappa shape index (κ1) is 14.5. The summed E-state index contributed by atoms with van der Waals surface area (Å²) in [7, 11) is 0. The zero-order valence-electron chi connectivity index (χ0n) is 11.1. The fourth-order valence-electron chi connectivity index (χ4n) is 1.96. The smallest absolute Gasteiger partial charge is 0.194 e. The number of hydrogen-bond acceptors (Lipinski definition) is 1. The molecule has 2 aromatic rings. The average Bonchev–Trinajstić information content (AvgIpc) is 2.36. The number of benzene rings is 2. The predicted octanol–water partition coefficient (Wildman–Crippen LogP) is 5.37. The Kier molecular flexibility index (Phi) is 4.26. The second-order valence-electron chi connectivity index (χ2n) is 4.66. The summed E-state index contributed by atoms with van der Waals surface area (Å²) in [4.78, 5) is 12.7. The van der Waals surface area contributed by atoms with Crippen molar-refractivity contribution < 1.29 is 4.79 Å². The third kappa shape index (κ3) is 2.82. The average molecular weight is 382 g/mol. The molecule has 0 saturated carbocycles. The van der Waals surface area contributed by atoms with Crippen LogP contribution in [0.15, 0.2) is 39.3 Å². The zero-order chi connectivity index (χ0) is 14.2. The largest absolute Gasteiger partial charge is 0.289 e. The first-order valence-electron chi connectivity index (χ1n) is 5.98. The van der Waals surface area contributed by atoms with Crippen molar-refractivity contribution in [3.05, 3.63) is 67.1 Å². The van der Waals surface area contributed by atoms with Crippen molar-refractivity contribution in [2.24, 2.45) is 0 Å². The molecule has 0 aliphatic carbocycles. The van der Waals surface area contributed by atoms with Gasteiger partial charge >= 0.3 is 0 Å². The molecule has 0 N–H and O–H groups in total. The number of rotatable bonds is 2. The number of halogens is 2. The topological polar surface area (TPSA) is 17.1 Å². The van der Waals surface area contributed by atoms with Crippen LogP contribution in [0.1, 0.15) is 32.6 Å².